The van der Waals surface area contributed by atoms with Crippen LogP contribution in [0.4, 0.5) is 0 Å². The highest BCUT2D eigenvalue weighted by Gasteiger charge is 2.51. The molecule has 1 saturated heterocycles. The fraction of sp³-hybridized carbons (Fsp3) is 0.714. The Balaban J connectivity index is 2.55. The van der Waals surface area contributed by atoms with E-state index < -0.39 is 30.3 Å². The van der Waals surface area contributed by atoms with E-state index in [0.717, 1.165) is 6.42 Å². The summed E-state index contributed by atoms with van der Waals surface area (Å²) in [6, 6.07) is 0. The van der Waals surface area contributed by atoms with Gasteiger partial charge < -0.3 is 19.9 Å². The molecule has 4 atom stereocenters. The van der Waals surface area contributed by atoms with E-state index in [1.54, 1.807) is 0 Å². The first kappa shape index (κ1) is 16.5. The number of rotatable bonds is 8. The number of hydrogen-bond donors (Lipinski definition) is 2. The smallest absolute Gasteiger partial charge is 0.336 e. The number of aliphatic carboxylic acids is 1. The highest BCUT2D eigenvalue weighted by Crippen LogP contribution is 2.23. The van der Waals surface area contributed by atoms with Crippen LogP contribution in [-0.4, -0.2) is 35.4 Å². The highest BCUT2D eigenvalue weighted by atomic mass is 16.6. The van der Waals surface area contributed by atoms with E-state index in [1.165, 1.54) is 0 Å². The third-order valence-corrected chi connectivity index (χ3v) is 3.34. The minimum Gasteiger partial charge on any atom is -0.479 e. The van der Waals surface area contributed by atoms with E-state index in [2.05, 4.69) is 19.2 Å². The Morgan fingerprint density at radius 3 is 2.55 bits per heavy atom. The van der Waals surface area contributed by atoms with Gasteiger partial charge in [0, 0.05) is 6.42 Å². The van der Waals surface area contributed by atoms with Crippen LogP contribution in [0.25, 0.3) is 0 Å². The molecule has 1 aliphatic rings. The van der Waals surface area contributed by atoms with Crippen molar-refractivity contribution < 1.29 is 24.2 Å². The van der Waals surface area contributed by atoms with E-state index >= 15 is 0 Å². The molecule has 20 heavy (non-hydrogen) atoms. The van der Waals surface area contributed by atoms with E-state index in [0.29, 0.717) is 18.1 Å². The first-order chi connectivity index (χ1) is 9.38. The molecule has 6 heteroatoms. The molecule has 1 amide bonds. The molecule has 1 fully saturated rings. The molecule has 1 aliphatic heterocycles. The van der Waals surface area contributed by atoms with Gasteiger partial charge in [-0.1, -0.05) is 20.3 Å². The predicted octanol–water partition coefficient (Wildman–Crippen LogP) is 1.66. The molecule has 1 heterocycles. The van der Waals surface area contributed by atoms with Crippen molar-refractivity contribution in [2.45, 2.75) is 59.0 Å². The lowest BCUT2D eigenvalue weighted by Gasteiger charge is -2.23. The Labute approximate surface area is 119 Å². The highest BCUT2D eigenvalue weighted by molar-refractivity contribution is 5.92. The van der Waals surface area contributed by atoms with Crippen molar-refractivity contribution in [2.24, 2.45) is 5.92 Å². The molecule has 2 N–H and O–H groups in total. The third kappa shape index (κ3) is 4.85. The Hall–Kier alpha value is -1.56. The number of ether oxygens (including phenoxy) is 2. The Morgan fingerprint density at radius 2 is 2.10 bits per heavy atom. The third-order valence-electron chi connectivity index (χ3n) is 3.34. The van der Waals surface area contributed by atoms with Crippen LogP contribution in [0.1, 0.15) is 40.5 Å². The van der Waals surface area contributed by atoms with Crippen LogP contribution in [0, 0.1) is 5.92 Å². The van der Waals surface area contributed by atoms with Crippen molar-refractivity contribution in [2.75, 3.05) is 0 Å². The molecule has 0 bridgehead atoms. The molecule has 0 spiro atoms. The number of carboxylic acid groups (broad SMARTS) is 1. The number of epoxide rings is 1. The molecule has 1 unspecified atom stereocenters. The number of carbonyl (C=O) groups excluding carboxylic acids is 1. The van der Waals surface area contributed by atoms with Crippen LogP contribution in [-0.2, 0) is 19.1 Å². The molecule has 0 aliphatic carbocycles. The number of carbonyl (C=O) groups is 2. The van der Waals surface area contributed by atoms with E-state index in [1.807, 2.05) is 19.9 Å². The average Bonchev–Trinajstić information content (AvgIpc) is 3.18. The number of hydrogen-bond acceptors (Lipinski definition) is 4. The van der Waals surface area contributed by atoms with Gasteiger partial charge in [0.2, 0.25) is 0 Å². The van der Waals surface area contributed by atoms with Crippen LogP contribution in [0.15, 0.2) is 11.8 Å². The molecular formula is C14H23NO5. The summed E-state index contributed by atoms with van der Waals surface area (Å²) in [4.78, 5) is 22.5. The molecule has 1 rings (SSSR count). The van der Waals surface area contributed by atoms with Gasteiger partial charge in [-0.25, -0.2) is 4.79 Å². The van der Waals surface area contributed by atoms with Gasteiger partial charge in [-0.15, -0.1) is 0 Å². The van der Waals surface area contributed by atoms with E-state index in [9.17, 15) is 9.59 Å². The number of allylic oxidation sites excluding steroid dienone is 2. The van der Waals surface area contributed by atoms with Gasteiger partial charge in [0.05, 0.1) is 5.76 Å². The van der Waals surface area contributed by atoms with Gasteiger partial charge in [-0.05, 0) is 25.8 Å². The molecule has 0 aromatic heterocycles. The molecule has 0 aromatic carbocycles. The quantitative estimate of drug-likeness (QED) is 0.402. The summed E-state index contributed by atoms with van der Waals surface area (Å²) in [5, 5.41) is 11.4. The summed E-state index contributed by atoms with van der Waals surface area (Å²) in [5.74, 6) is -0.450. The minimum atomic E-state index is -1.12. The fourth-order valence-electron chi connectivity index (χ4n) is 1.70. The Morgan fingerprint density at radius 1 is 1.45 bits per heavy atom. The van der Waals surface area contributed by atoms with E-state index in [-0.39, 0.29) is 0 Å². The van der Waals surface area contributed by atoms with Gasteiger partial charge in [-0.3, -0.25) is 4.79 Å². The normalized spacial score (nSPS) is 24.7. The summed E-state index contributed by atoms with van der Waals surface area (Å²) >= 11 is 0. The second kappa shape index (κ2) is 7.28. The SMILES string of the molecule is CC=C(C)OC(C[C@@H](C)CC)NC(=O)[C@H]1O[C@@H]1C(=O)O. The van der Waals surface area contributed by atoms with Crippen molar-refractivity contribution in [3.63, 3.8) is 0 Å². The zero-order chi connectivity index (χ0) is 15.3. The predicted molar refractivity (Wildman–Crippen MR) is 72.8 cm³/mol. The molecule has 0 aromatic rings. The lowest BCUT2D eigenvalue weighted by molar-refractivity contribution is -0.138. The molecule has 6 nitrogen and oxygen atoms in total. The number of carboxylic acids is 1. The maximum absolute atomic E-state index is 11.9. The zero-order valence-electron chi connectivity index (χ0n) is 12.4. The molecular weight excluding hydrogens is 262 g/mol. The summed E-state index contributed by atoms with van der Waals surface area (Å²) in [6.07, 6.45) is 1.06. The Bertz CT molecular complexity index is 393. The maximum atomic E-state index is 11.9. The number of amides is 1. The van der Waals surface area contributed by atoms with Crippen molar-refractivity contribution in [1.82, 2.24) is 5.32 Å². The standard InChI is InChI=1S/C14H23NO5/c1-5-8(3)7-10(19-9(4)6-2)15-13(16)11-12(20-11)14(17)18/h6,8,10-12H,5,7H2,1-4H3,(H,15,16)(H,17,18)/t8-,10?,11-,12-/m0/s1. The van der Waals surface area contributed by atoms with Crippen LogP contribution < -0.4 is 5.32 Å². The molecule has 0 radical (unpaired) electrons. The topological polar surface area (TPSA) is 88.2 Å². The van der Waals surface area contributed by atoms with Gasteiger partial charge in [-0.2, -0.15) is 0 Å². The van der Waals surface area contributed by atoms with Gasteiger partial charge >= 0.3 is 5.97 Å². The zero-order valence-corrected chi connectivity index (χ0v) is 12.4. The van der Waals surface area contributed by atoms with Crippen LogP contribution in [0.5, 0.6) is 0 Å². The van der Waals surface area contributed by atoms with Crippen molar-refractivity contribution in [3.05, 3.63) is 11.8 Å². The second-order valence-corrected chi connectivity index (χ2v) is 5.08. The fourth-order valence-corrected chi connectivity index (χ4v) is 1.70. The largest absolute Gasteiger partial charge is 0.479 e. The number of nitrogens with one attached hydrogen (secondary N) is 1. The van der Waals surface area contributed by atoms with Crippen molar-refractivity contribution in [1.29, 1.82) is 0 Å². The minimum absolute atomic E-state index is 0.389. The molecule has 114 valence electrons. The second-order valence-electron chi connectivity index (χ2n) is 5.08. The lowest BCUT2D eigenvalue weighted by Crippen LogP contribution is -2.41. The van der Waals surface area contributed by atoms with Gasteiger partial charge in [0.25, 0.3) is 5.91 Å². The first-order valence-electron chi connectivity index (χ1n) is 6.87. The Kier molecular flexibility index (Phi) is 6.01. The van der Waals surface area contributed by atoms with Gasteiger partial charge in [0.15, 0.2) is 18.4 Å². The lowest BCUT2D eigenvalue weighted by atomic mass is 10.0. The van der Waals surface area contributed by atoms with E-state index in [4.69, 9.17) is 14.6 Å². The van der Waals surface area contributed by atoms with Crippen LogP contribution in [0.3, 0.4) is 0 Å². The summed E-state index contributed by atoms with van der Waals surface area (Å²) in [5.41, 5.74) is 0. The van der Waals surface area contributed by atoms with Gasteiger partial charge in [0.1, 0.15) is 0 Å². The molecule has 0 saturated carbocycles. The summed E-state index contributed by atoms with van der Waals surface area (Å²) in [7, 11) is 0. The van der Waals surface area contributed by atoms with Crippen LogP contribution in [0.2, 0.25) is 0 Å². The summed E-state index contributed by atoms with van der Waals surface area (Å²) < 4.78 is 10.5. The maximum Gasteiger partial charge on any atom is 0.336 e. The average molecular weight is 285 g/mol. The van der Waals surface area contributed by atoms with Crippen LogP contribution >= 0.6 is 0 Å². The van der Waals surface area contributed by atoms with Crippen molar-refractivity contribution in [3.8, 4) is 0 Å². The first-order valence-corrected chi connectivity index (χ1v) is 6.87. The summed E-state index contributed by atoms with van der Waals surface area (Å²) in [6.45, 7) is 7.79. The monoisotopic (exact) mass is 285 g/mol. The van der Waals surface area contributed by atoms with Crippen molar-refractivity contribution >= 4 is 11.9 Å².